The van der Waals surface area contributed by atoms with Gasteiger partial charge in [-0.15, -0.1) is 0 Å². The van der Waals surface area contributed by atoms with Crippen LogP contribution in [-0.4, -0.2) is 35.0 Å². The molecule has 0 atom stereocenters. The molecule has 0 radical (unpaired) electrons. The quantitative estimate of drug-likeness (QED) is 0.638. The molecule has 6 nitrogen and oxygen atoms in total. The van der Waals surface area contributed by atoms with Crippen molar-refractivity contribution in [2.24, 2.45) is 0 Å². The maximum atomic E-state index is 11.7. The first kappa shape index (κ1) is 15.5. The Morgan fingerprint density at radius 3 is 2.21 bits per heavy atom. The number of rotatable bonds is 7. The predicted molar refractivity (Wildman–Crippen MR) is 69.5 cm³/mol. The first-order chi connectivity index (χ1) is 9.00. The van der Waals surface area contributed by atoms with Gasteiger partial charge in [0.25, 0.3) is 0 Å². The summed E-state index contributed by atoms with van der Waals surface area (Å²) in [5, 5.41) is 14.5. The first-order valence-electron chi connectivity index (χ1n) is 6.81. The Kier molecular flexibility index (Phi) is 5.79. The fourth-order valence-electron chi connectivity index (χ4n) is 2.28. The van der Waals surface area contributed by atoms with Crippen molar-refractivity contribution >= 4 is 17.8 Å². The molecule has 1 aliphatic rings. The molecule has 0 aromatic rings. The largest absolute Gasteiger partial charge is 0.480 e. The molecule has 1 rings (SSSR count). The summed E-state index contributed by atoms with van der Waals surface area (Å²) in [4.78, 5) is 34.3. The zero-order valence-corrected chi connectivity index (χ0v) is 11.3. The second-order valence-corrected chi connectivity index (χ2v) is 4.99. The van der Waals surface area contributed by atoms with Gasteiger partial charge in [0.1, 0.15) is 5.54 Å². The van der Waals surface area contributed by atoms with Crippen LogP contribution in [0.1, 0.15) is 51.9 Å². The SMILES string of the molecule is CCCNC(=O)CCC(=O)NC1(C(=O)O)CCCC1. The third-order valence-corrected chi connectivity index (χ3v) is 3.40. The number of hydrogen-bond donors (Lipinski definition) is 3. The van der Waals surface area contributed by atoms with Crippen LogP contribution in [-0.2, 0) is 14.4 Å². The Balaban J connectivity index is 2.37. The van der Waals surface area contributed by atoms with Crippen molar-refractivity contribution in [2.45, 2.75) is 57.4 Å². The minimum absolute atomic E-state index is 0.0323. The van der Waals surface area contributed by atoms with Crippen molar-refractivity contribution in [1.29, 1.82) is 0 Å². The molecular weight excluding hydrogens is 248 g/mol. The lowest BCUT2D eigenvalue weighted by molar-refractivity contribution is -0.147. The lowest BCUT2D eigenvalue weighted by Gasteiger charge is -2.25. The summed E-state index contributed by atoms with van der Waals surface area (Å²) in [6.07, 6.45) is 3.53. The fourth-order valence-corrected chi connectivity index (χ4v) is 2.28. The molecule has 0 unspecified atom stereocenters. The summed E-state index contributed by atoms with van der Waals surface area (Å²) >= 11 is 0. The predicted octanol–water partition coefficient (Wildman–Crippen LogP) is 0.806. The van der Waals surface area contributed by atoms with Gasteiger partial charge >= 0.3 is 5.97 Å². The van der Waals surface area contributed by atoms with Crippen LogP contribution in [0.25, 0.3) is 0 Å². The van der Waals surface area contributed by atoms with Gasteiger partial charge in [0.15, 0.2) is 0 Å². The fraction of sp³-hybridized carbons (Fsp3) is 0.769. The molecular formula is C13H22N2O4. The van der Waals surface area contributed by atoms with E-state index >= 15 is 0 Å². The molecule has 2 amide bonds. The van der Waals surface area contributed by atoms with Crippen LogP contribution in [0, 0.1) is 0 Å². The van der Waals surface area contributed by atoms with Crippen LogP contribution < -0.4 is 10.6 Å². The van der Waals surface area contributed by atoms with Gasteiger partial charge in [-0.25, -0.2) is 4.79 Å². The van der Waals surface area contributed by atoms with Crippen molar-refractivity contribution in [3.05, 3.63) is 0 Å². The molecule has 0 aromatic heterocycles. The Hall–Kier alpha value is -1.59. The topological polar surface area (TPSA) is 95.5 Å². The normalized spacial score (nSPS) is 16.9. The highest BCUT2D eigenvalue weighted by molar-refractivity contribution is 5.89. The van der Waals surface area contributed by atoms with Gasteiger partial charge in [0, 0.05) is 19.4 Å². The lowest BCUT2D eigenvalue weighted by Crippen LogP contribution is -2.52. The molecule has 0 heterocycles. The maximum absolute atomic E-state index is 11.7. The monoisotopic (exact) mass is 270 g/mol. The minimum Gasteiger partial charge on any atom is -0.480 e. The Labute approximate surface area is 112 Å². The smallest absolute Gasteiger partial charge is 0.329 e. The van der Waals surface area contributed by atoms with E-state index in [0.717, 1.165) is 19.3 Å². The van der Waals surface area contributed by atoms with Crippen LogP contribution in [0.4, 0.5) is 0 Å². The first-order valence-corrected chi connectivity index (χ1v) is 6.81. The van der Waals surface area contributed by atoms with Gasteiger partial charge in [0.05, 0.1) is 0 Å². The van der Waals surface area contributed by atoms with E-state index in [0.29, 0.717) is 19.4 Å². The molecule has 0 aromatic carbocycles. The standard InChI is InChI=1S/C13H22N2O4/c1-2-9-14-10(16)5-6-11(17)15-13(12(18)19)7-3-4-8-13/h2-9H2,1H3,(H,14,16)(H,15,17)(H,18,19). The summed E-state index contributed by atoms with van der Waals surface area (Å²) in [6, 6.07) is 0. The zero-order chi connectivity index (χ0) is 14.3. The molecule has 0 spiro atoms. The number of carboxylic acid groups (broad SMARTS) is 1. The maximum Gasteiger partial charge on any atom is 0.329 e. The molecule has 19 heavy (non-hydrogen) atoms. The van der Waals surface area contributed by atoms with Gasteiger partial charge in [-0.05, 0) is 19.3 Å². The van der Waals surface area contributed by atoms with E-state index in [1.807, 2.05) is 6.92 Å². The van der Waals surface area contributed by atoms with Crippen molar-refractivity contribution < 1.29 is 19.5 Å². The molecule has 108 valence electrons. The van der Waals surface area contributed by atoms with Crippen LogP contribution >= 0.6 is 0 Å². The summed E-state index contributed by atoms with van der Waals surface area (Å²) in [5.74, 6) is -1.52. The van der Waals surface area contributed by atoms with Crippen molar-refractivity contribution in [3.63, 3.8) is 0 Å². The van der Waals surface area contributed by atoms with Crippen LogP contribution in [0.2, 0.25) is 0 Å². The van der Waals surface area contributed by atoms with Crippen LogP contribution in [0.3, 0.4) is 0 Å². The Morgan fingerprint density at radius 1 is 1.11 bits per heavy atom. The average molecular weight is 270 g/mol. The van der Waals surface area contributed by atoms with E-state index in [2.05, 4.69) is 10.6 Å². The van der Waals surface area contributed by atoms with Gasteiger partial charge in [-0.2, -0.15) is 0 Å². The van der Waals surface area contributed by atoms with Gasteiger partial charge in [0.2, 0.25) is 11.8 Å². The highest BCUT2D eigenvalue weighted by atomic mass is 16.4. The van der Waals surface area contributed by atoms with Crippen molar-refractivity contribution in [1.82, 2.24) is 10.6 Å². The Bertz CT molecular complexity index is 349. The van der Waals surface area contributed by atoms with Crippen LogP contribution in [0.15, 0.2) is 0 Å². The van der Waals surface area contributed by atoms with E-state index < -0.39 is 11.5 Å². The number of carbonyl (C=O) groups excluding carboxylic acids is 2. The number of amides is 2. The molecule has 0 aliphatic heterocycles. The third kappa shape index (κ3) is 4.54. The van der Waals surface area contributed by atoms with Gasteiger partial charge in [-0.1, -0.05) is 19.8 Å². The van der Waals surface area contributed by atoms with E-state index in [9.17, 15) is 19.5 Å². The third-order valence-electron chi connectivity index (χ3n) is 3.40. The molecule has 6 heteroatoms. The molecule has 1 fully saturated rings. The lowest BCUT2D eigenvalue weighted by atomic mass is 9.97. The Morgan fingerprint density at radius 2 is 1.68 bits per heavy atom. The van der Waals surface area contributed by atoms with E-state index in [1.54, 1.807) is 0 Å². The molecule has 0 bridgehead atoms. The highest BCUT2D eigenvalue weighted by Crippen LogP contribution is 2.29. The average Bonchev–Trinajstić information content (AvgIpc) is 2.83. The number of hydrogen-bond acceptors (Lipinski definition) is 3. The van der Waals surface area contributed by atoms with E-state index in [1.165, 1.54) is 0 Å². The molecule has 1 aliphatic carbocycles. The van der Waals surface area contributed by atoms with Gasteiger partial charge < -0.3 is 15.7 Å². The van der Waals surface area contributed by atoms with Gasteiger partial charge in [-0.3, -0.25) is 9.59 Å². The van der Waals surface area contributed by atoms with E-state index in [-0.39, 0.29) is 24.7 Å². The van der Waals surface area contributed by atoms with Crippen molar-refractivity contribution in [2.75, 3.05) is 6.54 Å². The molecule has 3 N–H and O–H groups in total. The summed E-state index contributed by atoms with van der Waals surface area (Å²) in [5.41, 5.74) is -1.11. The highest BCUT2D eigenvalue weighted by Gasteiger charge is 2.42. The second kappa shape index (κ2) is 7.11. The zero-order valence-electron chi connectivity index (χ0n) is 11.3. The van der Waals surface area contributed by atoms with Crippen LogP contribution in [0.5, 0.6) is 0 Å². The minimum atomic E-state index is -1.11. The number of carboxylic acids is 1. The molecule has 0 saturated heterocycles. The van der Waals surface area contributed by atoms with E-state index in [4.69, 9.17) is 0 Å². The number of nitrogens with one attached hydrogen (secondary N) is 2. The summed E-state index contributed by atoms with van der Waals surface area (Å²) in [7, 11) is 0. The number of aliphatic carboxylic acids is 1. The summed E-state index contributed by atoms with van der Waals surface area (Å²) in [6.45, 7) is 2.54. The molecule has 1 saturated carbocycles. The number of carbonyl (C=O) groups is 3. The second-order valence-electron chi connectivity index (χ2n) is 4.99. The van der Waals surface area contributed by atoms with Crippen molar-refractivity contribution in [3.8, 4) is 0 Å². The summed E-state index contributed by atoms with van der Waals surface area (Å²) < 4.78 is 0.